The molecule has 1 fully saturated rings. The lowest BCUT2D eigenvalue weighted by Gasteiger charge is -2.20. The molecule has 2 heterocycles. The van der Waals surface area contributed by atoms with Crippen molar-refractivity contribution in [3.8, 4) is 0 Å². The van der Waals surface area contributed by atoms with Crippen LogP contribution in [0.25, 0.3) is 0 Å². The summed E-state index contributed by atoms with van der Waals surface area (Å²) in [4.78, 5) is 39.6. The first-order valence-electron chi connectivity index (χ1n) is 9.16. The minimum absolute atomic E-state index is 0.0641. The Morgan fingerprint density at radius 3 is 2.79 bits per heavy atom. The molecule has 10 heteroatoms. The van der Waals surface area contributed by atoms with Gasteiger partial charge in [0.1, 0.15) is 0 Å². The second kappa shape index (κ2) is 9.24. The van der Waals surface area contributed by atoms with E-state index >= 15 is 0 Å². The van der Waals surface area contributed by atoms with Gasteiger partial charge in [-0.05, 0) is 37.8 Å². The lowest BCUT2D eigenvalue weighted by molar-refractivity contribution is -0.128. The number of hydrogen-bond donors (Lipinski definition) is 2. The summed E-state index contributed by atoms with van der Waals surface area (Å²) in [6, 6.07) is 2.55. The molecule has 2 atom stereocenters. The van der Waals surface area contributed by atoms with Gasteiger partial charge in [0.05, 0.1) is 12.6 Å². The molecule has 0 bridgehead atoms. The van der Waals surface area contributed by atoms with Crippen molar-refractivity contribution in [2.24, 2.45) is 11.7 Å². The van der Waals surface area contributed by atoms with Gasteiger partial charge in [-0.15, -0.1) is 0 Å². The van der Waals surface area contributed by atoms with Gasteiger partial charge in [0.25, 0.3) is 10.0 Å². The Bertz CT molecular complexity index is 855. The number of primary amides is 1. The molecule has 0 aromatic carbocycles. The highest BCUT2D eigenvalue weighted by atomic mass is 32.2. The molecular formula is C18H26N4O5S. The maximum atomic E-state index is 12.9. The fourth-order valence-corrected chi connectivity index (χ4v) is 4.55. The number of nitrogens with one attached hydrogen (secondary N) is 1. The number of aryl methyl sites for hydroxylation is 1. The van der Waals surface area contributed by atoms with Gasteiger partial charge in [-0.25, -0.2) is 13.4 Å². The molecule has 0 saturated carbocycles. The van der Waals surface area contributed by atoms with Crippen LogP contribution in [0.3, 0.4) is 0 Å². The van der Waals surface area contributed by atoms with Crippen molar-refractivity contribution in [3.63, 3.8) is 0 Å². The molecule has 2 amide bonds. The van der Waals surface area contributed by atoms with Gasteiger partial charge in [0, 0.05) is 25.1 Å². The zero-order chi connectivity index (χ0) is 20.9. The number of Topliss-reactive ketones (excluding diaryl/α,β-unsaturated/α-hetero) is 1. The molecule has 1 aromatic heterocycles. The number of sulfonamides is 1. The van der Waals surface area contributed by atoms with Crippen LogP contribution in [0.5, 0.6) is 0 Å². The summed E-state index contributed by atoms with van der Waals surface area (Å²) < 4.78 is 26.8. The predicted octanol–water partition coefficient (Wildman–Crippen LogP) is 0.130. The lowest BCUT2D eigenvalue weighted by Crippen LogP contribution is -2.44. The van der Waals surface area contributed by atoms with E-state index in [0.29, 0.717) is 24.8 Å². The van der Waals surface area contributed by atoms with Crippen molar-refractivity contribution in [2.75, 3.05) is 13.1 Å². The molecule has 3 N–H and O–H groups in total. The average Bonchev–Trinajstić information content (AvgIpc) is 2.82. The molecule has 9 nitrogen and oxygen atoms in total. The van der Waals surface area contributed by atoms with Gasteiger partial charge >= 0.3 is 0 Å². The van der Waals surface area contributed by atoms with Crippen LogP contribution in [0.2, 0.25) is 0 Å². The standard InChI is InChI=1S/C18H26N4O5S/c1-12(17(19)25)7-8-16(24)21-14-6-4-10-22(11-15(14)23)28(26,27)18-13(2)5-3-9-20-18/h3,5,9,12,14H,4,6-8,10-11H2,1-2H3,(H2,19,25)(H,21,24)/t12?,14-/m0/s1. The van der Waals surface area contributed by atoms with E-state index < -0.39 is 27.9 Å². The molecule has 1 saturated heterocycles. The van der Waals surface area contributed by atoms with E-state index in [0.717, 1.165) is 4.31 Å². The fraction of sp³-hybridized carbons (Fsp3) is 0.556. The molecular weight excluding hydrogens is 384 g/mol. The number of hydrogen-bond acceptors (Lipinski definition) is 6. The second-order valence-corrected chi connectivity index (χ2v) is 8.89. The van der Waals surface area contributed by atoms with E-state index in [2.05, 4.69) is 10.3 Å². The van der Waals surface area contributed by atoms with Crippen molar-refractivity contribution in [3.05, 3.63) is 23.9 Å². The molecule has 2 rings (SSSR count). The summed E-state index contributed by atoms with van der Waals surface area (Å²) in [5, 5.41) is 2.58. The summed E-state index contributed by atoms with van der Waals surface area (Å²) >= 11 is 0. The first kappa shape index (κ1) is 22.0. The van der Waals surface area contributed by atoms with E-state index in [1.807, 2.05) is 0 Å². The summed E-state index contributed by atoms with van der Waals surface area (Å²) in [7, 11) is -3.89. The Morgan fingerprint density at radius 2 is 2.14 bits per heavy atom. The van der Waals surface area contributed by atoms with Crippen molar-refractivity contribution in [2.45, 2.75) is 50.6 Å². The molecule has 0 aliphatic carbocycles. The molecule has 28 heavy (non-hydrogen) atoms. The number of carbonyl (C=O) groups excluding carboxylic acids is 3. The molecule has 1 unspecified atom stereocenters. The third kappa shape index (κ3) is 5.35. The third-order valence-corrected chi connectivity index (χ3v) is 6.70. The quantitative estimate of drug-likeness (QED) is 0.655. The maximum Gasteiger partial charge on any atom is 0.261 e. The molecule has 1 aliphatic heterocycles. The van der Waals surface area contributed by atoms with Crippen molar-refractivity contribution in [1.82, 2.24) is 14.6 Å². The van der Waals surface area contributed by atoms with E-state index in [-0.39, 0.29) is 36.2 Å². The van der Waals surface area contributed by atoms with Crippen LogP contribution < -0.4 is 11.1 Å². The number of ketones is 1. The largest absolute Gasteiger partial charge is 0.369 e. The zero-order valence-corrected chi connectivity index (χ0v) is 16.9. The minimum atomic E-state index is -3.89. The topological polar surface area (TPSA) is 140 Å². The first-order valence-corrected chi connectivity index (χ1v) is 10.6. The van der Waals surface area contributed by atoms with Crippen LogP contribution in [0.15, 0.2) is 23.4 Å². The summed E-state index contributed by atoms with van der Waals surface area (Å²) in [5.41, 5.74) is 5.68. The Balaban J connectivity index is 2.02. The van der Waals surface area contributed by atoms with Crippen LogP contribution >= 0.6 is 0 Å². The molecule has 0 radical (unpaired) electrons. The van der Waals surface area contributed by atoms with Crippen molar-refractivity contribution in [1.29, 1.82) is 0 Å². The predicted molar refractivity (Wildman–Crippen MR) is 101 cm³/mol. The Kier molecular flexibility index (Phi) is 7.25. The van der Waals surface area contributed by atoms with Crippen LogP contribution in [0.1, 0.15) is 38.2 Å². The second-order valence-electron chi connectivity index (χ2n) is 7.03. The Morgan fingerprint density at radius 1 is 1.43 bits per heavy atom. The van der Waals surface area contributed by atoms with E-state index in [9.17, 15) is 22.8 Å². The molecule has 154 valence electrons. The zero-order valence-electron chi connectivity index (χ0n) is 16.1. The van der Waals surface area contributed by atoms with E-state index in [4.69, 9.17) is 5.73 Å². The van der Waals surface area contributed by atoms with Gasteiger partial charge in [-0.2, -0.15) is 4.31 Å². The molecule has 1 aromatic rings. The highest BCUT2D eigenvalue weighted by molar-refractivity contribution is 7.89. The third-order valence-electron chi connectivity index (χ3n) is 4.79. The minimum Gasteiger partial charge on any atom is -0.369 e. The smallest absolute Gasteiger partial charge is 0.261 e. The van der Waals surface area contributed by atoms with Gasteiger partial charge in [0.15, 0.2) is 10.8 Å². The van der Waals surface area contributed by atoms with Crippen LogP contribution in [-0.2, 0) is 24.4 Å². The summed E-state index contributed by atoms with van der Waals surface area (Å²) in [6.45, 7) is 3.14. The van der Waals surface area contributed by atoms with Crippen molar-refractivity contribution >= 4 is 27.6 Å². The summed E-state index contributed by atoms with van der Waals surface area (Å²) in [6.07, 6.45) is 2.54. The fourth-order valence-electron chi connectivity index (χ4n) is 2.97. The van der Waals surface area contributed by atoms with Crippen LogP contribution in [0, 0.1) is 12.8 Å². The number of rotatable bonds is 7. The molecule has 1 aliphatic rings. The van der Waals surface area contributed by atoms with E-state index in [1.54, 1.807) is 26.0 Å². The first-order chi connectivity index (χ1) is 13.1. The molecule has 0 spiro atoms. The van der Waals surface area contributed by atoms with Gasteiger partial charge in [-0.3, -0.25) is 14.4 Å². The Labute approximate surface area is 164 Å². The van der Waals surface area contributed by atoms with Crippen LogP contribution in [-0.4, -0.2) is 54.4 Å². The number of pyridine rings is 1. The average molecular weight is 410 g/mol. The number of carbonyl (C=O) groups is 3. The highest BCUT2D eigenvalue weighted by Crippen LogP contribution is 2.20. The van der Waals surface area contributed by atoms with Gasteiger partial charge in [-0.1, -0.05) is 13.0 Å². The number of amides is 2. The SMILES string of the molecule is Cc1cccnc1S(=O)(=O)N1CCC[C@H](NC(=O)CCC(C)C(N)=O)C(=O)C1. The van der Waals surface area contributed by atoms with E-state index in [1.165, 1.54) is 6.20 Å². The lowest BCUT2D eigenvalue weighted by atomic mass is 10.0. The number of nitrogens with two attached hydrogens (primary N) is 1. The van der Waals surface area contributed by atoms with Gasteiger partial charge < -0.3 is 11.1 Å². The van der Waals surface area contributed by atoms with Crippen LogP contribution in [0.4, 0.5) is 0 Å². The number of nitrogens with zero attached hydrogens (tertiary/aromatic N) is 2. The maximum absolute atomic E-state index is 12.9. The van der Waals surface area contributed by atoms with Crippen molar-refractivity contribution < 1.29 is 22.8 Å². The normalized spacial score (nSPS) is 19.6. The monoisotopic (exact) mass is 410 g/mol. The summed E-state index contributed by atoms with van der Waals surface area (Å²) in [5.74, 6) is -1.64. The highest BCUT2D eigenvalue weighted by Gasteiger charge is 2.34. The number of aromatic nitrogens is 1. The Hall–Kier alpha value is -2.33. The van der Waals surface area contributed by atoms with Gasteiger partial charge in [0.2, 0.25) is 11.8 Å².